The molecule has 282 valence electrons. The lowest BCUT2D eigenvalue weighted by Crippen LogP contribution is -2.30. The molecule has 12 N–H and O–H groups in total. The molecule has 0 aliphatic heterocycles. The van der Waals surface area contributed by atoms with Gasteiger partial charge in [-0.05, 0) is 99.2 Å². The SMILES string of the molecule is CCC(O)(CCCC(O)(CC)c1nc(Cc2cnc(C(O)(CC)CC)c(N)c2)ccc1N)c1ccc(-c2cnc(C(O)(CC)CC)c(N)c2)cc1N. The maximum Gasteiger partial charge on any atom is 0.108 e. The van der Waals surface area contributed by atoms with E-state index in [-0.39, 0.29) is 0 Å². The van der Waals surface area contributed by atoms with E-state index in [9.17, 15) is 20.4 Å². The molecule has 1 aromatic carbocycles. The van der Waals surface area contributed by atoms with Crippen LogP contribution in [0.5, 0.6) is 0 Å². The maximum absolute atomic E-state index is 11.9. The molecule has 0 spiro atoms. The van der Waals surface area contributed by atoms with Crippen molar-refractivity contribution in [2.24, 2.45) is 0 Å². The summed E-state index contributed by atoms with van der Waals surface area (Å²) in [6, 6.07) is 12.7. The van der Waals surface area contributed by atoms with E-state index in [1.165, 1.54) is 0 Å². The Hall–Kier alpha value is -4.29. The van der Waals surface area contributed by atoms with Crippen LogP contribution >= 0.6 is 0 Å². The molecule has 11 nitrogen and oxygen atoms in total. The second-order valence-corrected chi connectivity index (χ2v) is 14.3. The summed E-state index contributed by atoms with van der Waals surface area (Å²) in [6.07, 6.45) is 7.73. The molecule has 0 saturated carbocycles. The summed E-state index contributed by atoms with van der Waals surface area (Å²) in [5.74, 6) is 0. The zero-order valence-electron chi connectivity index (χ0n) is 31.7. The molecule has 52 heavy (non-hydrogen) atoms. The van der Waals surface area contributed by atoms with Crippen LogP contribution in [0, 0.1) is 0 Å². The van der Waals surface area contributed by atoms with Crippen molar-refractivity contribution in [3.05, 3.63) is 88.8 Å². The van der Waals surface area contributed by atoms with Gasteiger partial charge >= 0.3 is 0 Å². The van der Waals surface area contributed by atoms with Gasteiger partial charge in [-0.25, -0.2) is 0 Å². The molecule has 0 saturated heterocycles. The molecular weight excluding hydrogens is 654 g/mol. The van der Waals surface area contributed by atoms with Crippen molar-refractivity contribution in [3.63, 3.8) is 0 Å². The first kappa shape index (κ1) is 40.5. The van der Waals surface area contributed by atoms with Crippen molar-refractivity contribution in [3.8, 4) is 11.1 Å². The van der Waals surface area contributed by atoms with Crippen LogP contribution < -0.4 is 22.9 Å². The molecule has 0 bridgehead atoms. The van der Waals surface area contributed by atoms with E-state index in [0.717, 1.165) is 16.7 Å². The fraction of sp³-hybridized carbons (Fsp3) is 0.488. The van der Waals surface area contributed by atoms with E-state index < -0.39 is 22.4 Å². The van der Waals surface area contributed by atoms with Crippen molar-refractivity contribution in [2.45, 2.75) is 128 Å². The lowest BCUT2D eigenvalue weighted by molar-refractivity contribution is -0.00745. The van der Waals surface area contributed by atoms with E-state index >= 15 is 0 Å². The number of aliphatic hydroxyl groups is 4. The van der Waals surface area contributed by atoms with Gasteiger partial charge in [-0.15, -0.1) is 0 Å². The number of benzene rings is 1. The minimum atomic E-state index is -1.33. The van der Waals surface area contributed by atoms with Crippen molar-refractivity contribution in [1.29, 1.82) is 0 Å². The maximum atomic E-state index is 11.9. The third-order valence-corrected chi connectivity index (χ3v) is 11.2. The Bertz CT molecular complexity index is 1840. The van der Waals surface area contributed by atoms with E-state index in [1.54, 1.807) is 30.6 Å². The van der Waals surface area contributed by atoms with Gasteiger partial charge in [0.2, 0.25) is 0 Å². The fourth-order valence-corrected chi connectivity index (χ4v) is 7.21. The van der Waals surface area contributed by atoms with E-state index in [0.29, 0.717) is 115 Å². The zero-order valence-corrected chi connectivity index (χ0v) is 31.7. The highest BCUT2D eigenvalue weighted by Crippen LogP contribution is 2.41. The monoisotopic (exact) mass is 713 g/mol. The number of nitrogens with zero attached hydrogens (tertiary/aromatic N) is 3. The molecule has 0 fully saturated rings. The van der Waals surface area contributed by atoms with Gasteiger partial charge in [0, 0.05) is 41.3 Å². The Labute approximate surface area is 308 Å². The molecule has 0 aliphatic rings. The van der Waals surface area contributed by atoms with E-state index in [4.69, 9.17) is 27.9 Å². The highest BCUT2D eigenvalue weighted by atomic mass is 16.3. The second kappa shape index (κ2) is 16.2. The van der Waals surface area contributed by atoms with Crippen LogP contribution in [-0.2, 0) is 28.8 Å². The Balaban J connectivity index is 1.51. The standard InChI is InChI=1S/C41H59N7O4/c1-7-38(49,8-2)35-33(44)21-26(24-46-35)20-29-15-17-31(42)37(48-29)41(52,12-6)19-13-18-40(51,11-5)30-16-14-27(22-32(30)43)28-23-34(45)36(47-25-28)39(50,9-3)10-4/h14-17,21-25,49-52H,7-13,18-20,42-45H2,1-6H3. The molecule has 4 aromatic rings. The summed E-state index contributed by atoms with van der Waals surface area (Å²) in [6.45, 7) is 11.4. The van der Waals surface area contributed by atoms with Crippen molar-refractivity contribution < 1.29 is 20.4 Å². The van der Waals surface area contributed by atoms with Gasteiger partial charge < -0.3 is 43.4 Å². The first-order valence-corrected chi connectivity index (χ1v) is 18.6. The number of aromatic nitrogens is 3. The average Bonchev–Trinajstić information content (AvgIpc) is 3.14. The second-order valence-electron chi connectivity index (χ2n) is 14.3. The Morgan fingerprint density at radius 1 is 0.519 bits per heavy atom. The van der Waals surface area contributed by atoms with Gasteiger partial charge in [0.15, 0.2) is 0 Å². The Kier molecular flexibility index (Phi) is 12.6. The molecule has 3 aromatic heterocycles. The predicted molar refractivity (Wildman–Crippen MR) is 210 cm³/mol. The summed E-state index contributed by atoms with van der Waals surface area (Å²) in [5, 5.41) is 45.7. The molecular formula is C41H59N7O4. The summed E-state index contributed by atoms with van der Waals surface area (Å²) in [7, 11) is 0. The number of nitrogens with two attached hydrogens (primary N) is 4. The summed E-state index contributed by atoms with van der Waals surface area (Å²) in [4.78, 5) is 13.8. The van der Waals surface area contributed by atoms with Gasteiger partial charge in [0.1, 0.15) is 16.8 Å². The van der Waals surface area contributed by atoms with Gasteiger partial charge in [0.25, 0.3) is 0 Å². The van der Waals surface area contributed by atoms with Crippen LogP contribution in [0.2, 0.25) is 0 Å². The highest BCUT2D eigenvalue weighted by Gasteiger charge is 2.35. The smallest absolute Gasteiger partial charge is 0.108 e. The molecule has 2 unspecified atom stereocenters. The van der Waals surface area contributed by atoms with Crippen LogP contribution in [0.3, 0.4) is 0 Å². The molecule has 3 heterocycles. The number of rotatable bonds is 17. The van der Waals surface area contributed by atoms with Gasteiger partial charge in [-0.2, -0.15) is 0 Å². The first-order chi connectivity index (χ1) is 24.6. The topological polar surface area (TPSA) is 224 Å². The molecule has 4 rings (SSSR count). The molecule has 0 aliphatic carbocycles. The highest BCUT2D eigenvalue weighted by molar-refractivity contribution is 5.72. The lowest BCUT2D eigenvalue weighted by atomic mass is 9.81. The minimum Gasteiger partial charge on any atom is -0.398 e. The van der Waals surface area contributed by atoms with Crippen LogP contribution in [0.25, 0.3) is 11.1 Å². The van der Waals surface area contributed by atoms with Crippen LogP contribution in [0.15, 0.2) is 54.9 Å². The van der Waals surface area contributed by atoms with E-state index in [2.05, 4.69) is 9.97 Å². The summed E-state index contributed by atoms with van der Waals surface area (Å²) < 4.78 is 0. The van der Waals surface area contributed by atoms with Crippen molar-refractivity contribution in [1.82, 2.24) is 15.0 Å². The predicted octanol–water partition coefficient (Wildman–Crippen LogP) is 6.54. The Morgan fingerprint density at radius 3 is 1.56 bits per heavy atom. The first-order valence-electron chi connectivity index (χ1n) is 18.6. The average molecular weight is 714 g/mol. The summed E-state index contributed by atoms with van der Waals surface area (Å²) >= 11 is 0. The van der Waals surface area contributed by atoms with E-state index in [1.807, 2.05) is 65.8 Å². The van der Waals surface area contributed by atoms with Gasteiger partial charge in [0.05, 0.1) is 39.7 Å². The summed E-state index contributed by atoms with van der Waals surface area (Å²) in [5.41, 5.74) is 27.6. The number of hydrogen-bond acceptors (Lipinski definition) is 11. The van der Waals surface area contributed by atoms with Gasteiger partial charge in [-0.3, -0.25) is 15.0 Å². The third kappa shape index (κ3) is 8.18. The molecule has 2 atom stereocenters. The fourth-order valence-electron chi connectivity index (χ4n) is 7.21. The number of nitrogen functional groups attached to an aromatic ring is 4. The molecule has 11 heteroatoms. The van der Waals surface area contributed by atoms with Crippen LogP contribution in [-0.4, -0.2) is 35.4 Å². The molecule has 0 amide bonds. The largest absolute Gasteiger partial charge is 0.398 e. The van der Waals surface area contributed by atoms with Gasteiger partial charge in [-0.1, -0.05) is 53.7 Å². The molecule has 0 radical (unpaired) electrons. The van der Waals surface area contributed by atoms with Crippen LogP contribution in [0.4, 0.5) is 22.7 Å². The third-order valence-electron chi connectivity index (χ3n) is 11.2. The van der Waals surface area contributed by atoms with Crippen LogP contribution in [0.1, 0.15) is 133 Å². The minimum absolute atomic E-state index is 0.319. The zero-order chi connectivity index (χ0) is 38.5. The quantitative estimate of drug-likeness (QED) is 0.0549. The number of hydrogen-bond donors (Lipinski definition) is 8. The number of anilines is 4. The Morgan fingerprint density at radius 2 is 1.04 bits per heavy atom. The number of pyridine rings is 3. The van der Waals surface area contributed by atoms with Crippen molar-refractivity contribution >= 4 is 22.7 Å². The normalized spacial score (nSPS) is 14.6. The lowest BCUT2D eigenvalue weighted by Gasteiger charge is -2.32. The van der Waals surface area contributed by atoms with Crippen molar-refractivity contribution in [2.75, 3.05) is 22.9 Å².